The fraction of sp³-hybridized carbons (Fsp3) is 0.364. The summed E-state index contributed by atoms with van der Waals surface area (Å²) in [4.78, 5) is 16.5. The van der Waals surface area contributed by atoms with Crippen molar-refractivity contribution in [3.05, 3.63) is 59.9 Å². The molecule has 170 valence electrons. The minimum absolute atomic E-state index is 0. The second-order valence-corrected chi connectivity index (χ2v) is 6.69. The average Bonchev–Trinajstić information content (AvgIpc) is 2.73. The third-order valence-electron chi connectivity index (χ3n) is 4.04. The summed E-state index contributed by atoms with van der Waals surface area (Å²) in [5.41, 5.74) is 0.424. The van der Waals surface area contributed by atoms with Gasteiger partial charge in [0.2, 0.25) is 0 Å². The first-order valence-electron chi connectivity index (χ1n) is 9.99. The largest absolute Gasteiger partial charge is 0.508 e. The molecule has 1 atom stereocenters. The van der Waals surface area contributed by atoms with E-state index in [9.17, 15) is 14.3 Å². The SMILES string of the molecule is CCNC(=NCC(C)Oc1ccc(F)cc1)NCCCNC(=O)c1cccc(O)c1.I. The highest BCUT2D eigenvalue weighted by atomic mass is 127. The van der Waals surface area contributed by atoms with Gasteiger partial charge in [0.1, 0.15) is 23.4 Å². The Morgan fingerprint density at radius 3 is 2.52 bits per heavy atom. The number of nitrogens with zero attached hydrogens (tertiary/aromatic N) is 1. The summed E-state index contributed by atoms with van der Waals surface area (Å²) in [6.45, 7) is 6.14. The number of benzene rings is 2. The Labute approximate surface area is 199 Å². The second-order valence-electron chi connectivity index (χ2n) is 6.69. The van der Waals surface area contributed by atoms with Crippen molar-refractivity contribution in [3.63, 3.8) is 0 Å². The Morgan fingerprint density at radius 2 is 1.84 bits per heavy atom. The molecule has 2 rings (SSSR count). The van der Waals surface area contributed by atoms with E-state index in [0.717, 1.165) is 0 Å². The highest BCUT2D eigenvalue weighted by Gasteiger charge is 2.06. The number of carbonyl (C=O) groups is 1. The van der Waals surface area contributed by atoms with Gasteiger partial charge in [-0.1, -0.05) is 6.07 Å². The van der Waals surface area contributed by atoms with Crippen LogP contribution >= 0.6 is 24.0 Å². The zero-order valence-corrected chi connectivity index (χ0v) is 20.1. The lowest BCUT2D eigenvalue weighted by molar-refractivity contribution is 0.0953. The van der Waals surface area contributed by atoms with Crippen molar-refractivity contribution in [1.29, 1.82) is 0 Å². The van der Waals surface area contributed by atoms with Crippen LogP contribution in [0.3, 0.4) is 0 Å². The molecule has 0 fully saturated rings. The molecule has 0 heterocycles. The molecule has 2 aromatic rings. The number of carbonyl (C=O) groups excluding carboxylic acids is 1. The molecular weight excluding hydrogens is 514 g/mol. The normalized spacial score (nSPS) is 11.8. The number of ether oxygens (including phenoxy) is 1. The lowest BCUT2D eigenvalue weighted by atomic mass is 10.2. The second kappa shape index (κ2) is 14.4. The van der Waals surface area contributed by atoms with Crippen LogP contribution in [-0.4, -0.2) is 49.3 Å². The summed E-state index contributed by atoms with van der Waals surface area (Å²) in [5.74, 6) is 0.794. The number of aromatic hydroxyl groups is 1. The summed E-state index contributed by atoms with van der Waals surface area (Å²) in [5, 5.41) is 18.6. The molecule has 0 spiro atoms. The van der Waals surface area contributed by atoms with E-state index in [1.54, 1.807) is 24.3 Å². The molecule has 0 aliphatic carbocycles. The molecule has 2 aromatic carbocycles. The number of aliphatic imine (C=N–C) groups is 1. The molecule has 0 bridgehead atoms. The summed E-state index contributed by atoms with van der Waals surface area (Å²) in [6.07, 6.45) is 0.531. The molecule has 0 radical (unpaired) electrons. The minimum atomic E-state index is -0.301. The minimum Gasteiger partial charge on any atom is -0.508 e. The number of phenols is 1. The van der Waals surface area contributed by atoms with Gasteiger partial charge in [-0.25, -0.2) is 9.38 Å². The number of phenolic OH excluding ortho intramolecular Hbond substituents is 1. The maximum Gasteiger partial charge on any atom is 0.251 e. The van der Waals surface area contributed by atoms with Crippen LogP contribution < -0.4 is 20.7 Å². The van der Waals surface area contributed by atoms with Gasteiger partial charge in [-0.05, 0) is 62.7 Å². The van der Waals surface area contributed by atoms with Crippen LogP contribution in [0.15, 0.2) is 53.5 Å². The Bertz CT molecular complexity index is 834. The van der Waals surface area contributed by atoms with E-state index >= 15 is 0 Å². The van der Waals surface area contributed by atoms with Crippen LogP contribution in [0.1, 0.15) is 30.6 Å². The molecule has 9 heteroatoms. The third kappa shape index (κ3) is 10.3. The third-order valence-corrected chi connectivity index (χ3v) is 4.04. The summed E-state index contributed by atoms with van der Waals surface area (Å²) in [6, 6.07) is 12.1. The van der Waals surface area contributed by atoms with E-state index in [2.05, 4.69) is 20.9 Å². The van der Waals surface area contributed by atoms with Gasteiger partial charge < -0.3 is 25.8 Å². The van der Waals surface area contributed by atoms with Crippen LogP contribution in [0.4, 0.5) is 4.39 Å². The fourth-order valence-electron chi connectivity index (χ4n) is 2.59. The van der Waals surface area contributed by atoms with E-state index in [4.69, 9.17) is 4.74 Å². The van der Waals surface area contributed by atoms with Crippen molar-refractivity contribution in [2.45, 2.75) is 26.4 Å². The van der Waals surface area contributed by atoms with Crippen molar-refractivity contribution < 1.29 is 19.0 Å². The van der Waals surface area contributed by atoms with Crippen molar-refractivity contribution in [1.82, 2.24) is 16.0 Å². The van der Waals surface area contributed by atoms with Crippen LogP contribution in [0.5, 0.6) is 11.5 Å². The van der Waals surface area contributed by atoms with Crippen molar-refractivity contribution in [2.24, 2.45) is 4.99 Å². The molecule has 0 aliphatic rings. The molecule has 4 N–H and O–H groups in total. The predicted molar refractivity (Wildman–Crippen MR) is 131 cm³/mol. The smallest absolute Gasteiger partial charge is 0.251 e. The Kier molecular flexibility index (Phi) is 12.3. The molecule has 1 amide bonds. The quantitative estimate of drug-likeness (QED) is 0.160. The lowest BCUT2D eigenvalue weighted by Gasteiger charge is -2.15. The van der Waals surface area contributed by atoms with E-state index in [1.807, 2.05) is 13.8 Å². The number of nitrogens with one attached hydrogen (secondary N) is 3. The Balaban J connectivity index is 0.00000480. The monoisotopic (exact) mass is 544 g/mol. The number of hydrogen-bond acceptors (Lipinski definition) is 4. The maximum atomic E-state index is 13.0. The first-order chi connectivity index (χ1) is 14.5. The molecule has 0 saturated heterocycles. The highest BCUT2D eigenvalue weighted by Crippen LogP contribution is 2.13. The number of amides is 1. The van der Waals surface area contributed by atoms with Crippen molar-refractivity contribution in [2.75, 3.05) is 26.2 Å². The maximum absolute atomic E-state index is 13.0. The van der Waals surface area contributed by atoms with Gasteiger partial charge in [0, 0.05) is 25.2 Å². The highest BCUT2D eigenvalue weighted by molar-refractivity contribution is 14.0. The zero-order chi connectivity index (χ0) is 21.8. The standard InChI is InChI=1S/C22H29FN4O3.HI/c1-3-24-22(27-15-16(2)30-20-10-8-18(23)9-11-20)26-13-5-12-25-21(29)17-6-4-7-19(28)14-17;/h4,6-11,14,16,28H,3,5,12-13,15H2,1-2H3,(H,25,29)(H2,24,26,27);1H. The molecule has 0 aromatic heterocycles. The van der Waals surface area contributed by atoms with Crippen LogP contribution in [0.25, 0.3) is 0 Å². The van der Waals surface area contributed by atoms with Gasteiger partial charge in [0.25, 0.3) is 5.91 Å². The number of halogens is 2. The van der Waals surface area contributed by atoms with Gasteiger partial charge in [0.15, 0.2) is 5.96 Å². The van der Waals surface area contributed by atoms with Crippen molar-refractivity contribution >= 4 is 35.8 Å². The Morgan fingerprint density at radius 1 is 1.13 bits per heavy atom. The summed E-state index contributed by atoms with van der Waals surface area (Å²) in [7, 11) is 0. The molecular formula is C22H30FIN4O3. The summed E-state index contributed by atoms with van der Waals surface area (Å²) < 4.78 is 18.7. The first kappa shape index (κ1) is 26.5. The van der Waals surface area contributed by atoms with E-state index in [-0.39, 0.29) is 47.6 Å². The molecule has 0 saturated carbocycles. The van der Waals surface area contributed by atoms with Crippen molar-refractivity contribution in [3.8, 4) is 11.5 Å². The lowest BCUT2D eigenvalue weighted by Crippen LogP contribution is -2.39. The Hall–Kier alpha value is -2.56. The topological polar surface area (TPSA) is 95.0 Å². The summed E-state index contributed by atoms with van der Waals surface area (Å²) >= 11 is 0. The van der Waals surface area contributed by atoms with Crippen LogP contribution in [0, 0.1) is 5.82 Å². The van der Waals surface area contributed by atoms with E-state index in [1.165, 1.54) is 24.3 Å². The van der Waals surface area contributed by atoms with Gasteiger partial charge in [-0.3, -0.25) is 4.79 Å². The van der Waals surface area contributed by atoms with Gasteiger partial charge in [-0.2, -0.15) is 0 Å². The van der Waals surface area contributed by atoms with E-state index < -0.39 is 0 Å². The predicted octanol–water partition coefficient (Wildman–Crippen LogP) is 3.29. The number of hydrogen-bond donors (Lipinski definition) is 4. The van der Waals surface area contributed by atoms with Gasteiger partial charge in [0.05, 0.1) is 6.54 Å². The molecule has 0 aliphatic heterocycles. The molecule has 1 unspecified atom stereocenters. The van der Waals surface area contributed by atoms with Gasteiger partial charge in [-0.15, -0.1) is 24.0 Å². The zero-order valence-electron chi connectivity index (χ0n) is 17.7. The first-order valence-corrected chi connectivity index (χ1v) is 9.99. The number of guanidine groups is 1. The fourth-order valence-corrected chi connectivity index (χ4v) is 2.59. The van der Waals surface area contributed by atoms with E-state index in [0.29, 0.717) is 49.9 Å². The average molecular weight is 544 g/mol. The molecule has 31 heavy (non-hydrogen) atoms. The van der Waals surface area contributed by atoms with Gasteiger partial charge >= 0.3 is 0 Å². The number of rotatable bonds is 10. The van der Waals surface area contributed by atoms with Crippen LogP contribution in [0.2, 0.25) is 0 Å². The molecule has 7 nitrogen and oxygen atoms in total. The van der Waals surface area contributed by atoms with Crippen LogP contribution in [-0.2, 0) is 0 Å².